The molecule has 3 nitrogen and oxygen atoms in total. The minimum Gasteiger partial charge on any atom is -0.495 e. The molecule has 1 heterocycles. The van der Waals surface area contributed by atoms with Crippen molar-refractivity contribution in [2.75, 3.05) is 25.5 Å². The lowest BCUT2D eigenvalue weighted by molar-refractivity contribution is 0.211. The van der Waals surface area contributed by atoms with E-state index in [0.29, 0.717) is 6.04 Å². The Labute approximate surface area is 143 Å². The molecule has 0 saturated carbocycles. The molecule has 4 heteroatoms. The molecule has 0 aromatic heterocycles. The van der Waals surface area contributed by atoms with Crippen LogP contribution in [0.2, 0.25) is 5.02 Å². The van der Waals surface area contributed by atoms with E-state index in [-0.39, 0.29) is 0 Å². The van der Waals surface area contributed by atoms with E-state index < -0.39 is 0 Å². The first-order chi connectivity index (χ1) is 11.2. The molecule has 1 N–H and O–H groups in total. The summed E-state index contributed by atoms with van der Waals surface area (Å²) in [5, 5.41) is 4.42. The lowest BCUT2D eigenvalue weighted by atomic mass is 10.0. The van der Waals surface area contributed by atoms with E-state index in [4.69, 9.17) is 16.3 Å². The molecule has 0 unspecified atom stereocenters. The number of nitrogens with zero attached hydrogens (tertiary/aromatic N) is 1. The Morgan fingerprint density at radius 2 is 1.78 bits per heavy atom. The Hall–Kier alpha value is -1.71. The molecule has 1 aliphatic rings. The summed E-state index contributed by atoms with van der Waals surface area (Å²) in [5.41, 5.74) is 2.41. The molecule has 1 fully saturated rings. The summed E-state index contributed by atoms with van der Waals surface area (Å²) in [7, 11) is 1.72. The molecule has 2 aromatic carbocycles. The number of likely N-dealkylation sites (tertiary alicyclic amines) is 1. The topological polar surface area (TPSA) is 24.5 Å². The van der Waals surface area contributed by atoms with Gasteiger partial charge in [0.25, 0.3) is 0 Å². The third-order valence-electron chi connectivity index (χ3n) is 4.37. The Kier molecular flexibility index (Phi) is 5.42. The third kappa shape index (κ3) is 4.40. The van der Waals surface area contributed by atoms with Gasteiger partial charge in [-0.3, -0.25) is 4.90 Å². The fourth-order valence-electron chi connectivity index (χ4n) is 3.07. The van der Waals surface area contributed by atoms with E-state index in [1.165, 1.54) is 5.56 Å². The third-order valence-corrected chi connectivity index (χ3v) is 4.63. The van der Waals surface area contributed by atoms with Crippen LogP contribution >= 0.6 is 11.6 Å². The summed E-state index contributed by atoms with van der Waals surface area (Å²) in [6.07, 6.45) is 2.29. The molecular formula is C19H23ClN2O. The van der Waals surface area contributed by atoms with Gasteiger partial charge in [0.1, 0.15) is 5.75 Å². The standard InChI is InChI=1S/C19H23ClN2O/c1-23-19-5-3-2-4-18(19)21-17-10-12-22(13-11-17)14-15-6-8-16(20)9-7-15/h2-9,17,21H,10-14H2,1H3. The average molecular weight is 331 g/mol. The zero-order valence-corrected chi connectivity index (χ0v) is 14.2. The number of piperidine rings is 1. The SMILES string of the molecule is COc1ccccc1NC1CCN(Cc2ccc(Cl)cc2)CC1. The molecule has 2 aromatic rings. The van der Waals surface area contributed by atoms with Crippen molar-refractivity contribution >= 4 is 17.3 Å². The summed E-state index contributed by atoms with van der Waals surface area (Å²) < 4.78 is 5.41. The van der Waals surface area contributed by atoms with Crippen LogP contribution < -0.4 is 10.1 Å². The summed E-state index contributed by atoms with van der Waals surface area (Å²) in [5.74, 6) is 0.913. The number of halogens is 1. The summed E-state index contributed by atoms with van der Waals surface area (Å²) in [4.78, 5) is 2.50. The fourth-order valence-corrected chi connectivity index (χ4v) is 3.19. The molecule has 3 rings (SSSR count). The quantitative estimate of drug-likeness (QED) is 0.878. The van der Waals surface area contributed by atoms with Crippen LogP contribution in [0.1, 0.15) is 18.4 Å². The van der Waals surface area contributed by atoms with Crippen molar-refractivity contribution in [3.8, 4) is 5.75 Å². The minimum atomic E-state index is 0.507. The highest BCUT2D eigenvalue weighted by Crippen LogP contribution is 2.26. The summed E-state index contributed by atoms with van der Waals surface area (Å²) in [6, 6.07) is 16.8. The monoisotopic (exact) mass is 330 g/mol. The largest absolute Gasteiger partial charge is 0.495 e. The molecule has 23 heavy (non-hydrogen) atoms. The number of nitrogens with one attached hydrogen (secondary N) is 1. The smallest absolute Gasteiger partial charge is 0.141 e. The van der Waals surface area contributed by atoms with Gasteiger partial charge in [-0.25, -0.2) is 0 Å². The van der Waals surface area contributed by atoms with Crippen molar-refractivity contribution in [1.82, 2.24) is 4.90 Å². The molecule has 122 valence electrons. The number of benzene rings is 2. The molecule has 0 atom stereocenters. The number of rotatable bonds is 5. The average Bonchev–Trinajstić information content (AvgIpc) is 2.59. The Balaban J connectivity index is 1.51. The van der Waals surface area contributed by atoms with Crippen molar-refractivity contribution in [3.63, 3.8) is 0 Å². The summed E-state index contributed by atoms with van der Waals surface area (Å²) >= 11 is 5.94. The normalized spacial score (nSPS) is 16.3. The van der Waals surface area contributed by atoms with Crippen LogP contribution in [0.3, 0.4) is 0 Å². The first-order valence-electron chi connectivity index (χ1n) is 8.11. The molecule has 0 bridgehead atoms. The van der Waals surface area contributed by atoms with Crippen molar-refractivity contribution in [3.05, 3.63) is 59.1 Å². The molecule has 0 radical (unpaired) electrons. The first-order valence-corrected chi connectivity index (χ1v) is 8.49. The van der Waals surface area contributed by atoms with Crippen molar-refractivity contribution in [2.24, 2.45) is 0 Å². The van der Waals surface area contributed by atoms with Gasteiger partial charge in [0.05, 0.1) is 12.8 Å². The molecule has 0 spiro atoms. The van der Waals surface area contributed by atoms with Crippen LogP contribution in [0.5, 0.6) is 5.75 Å². The van der Waals surface area contributed by atoms with Gasteiger partial charge >= 0.3 is 0 Å². The van der Waals surface area contributed by atoms with Gasteiger partial charge in [-0.15, -0.1) is 0 Å². The van der Waals surface area contributed by atoms with Gasteiger partial charge in [-0.05, 0) is 42.7 Å². The molecular weight excluding hydrogens is 308 g/mol. The predicted octanol–water partition coefficient (Wildman–Crippen LogP) is 4.43. The van der Waals surface area contributed by atoms with Crippen LogP contribution in [-0.4, -0.2) is 31.1 Å². The Bertz CT molecular complexity index is 622. The van der Waals surface area contributed by atoms with Crippen molar-refractivity contribution in [2.45, 2.75) is 25.4 Å². The van der Waals surface area contributed by atoms with Crippen LogP contribution in [0.4, 0.5) is 5.69 Å². The van der Waals surface area contributed by atoms with Gasteiger partial charge in [-0.1, -0.05) is 35.9 Å². The number of hydrogen-bond donors (Lipinski definition) is 1. The van der Waals surface area contributed by atoms with Gasteiger partial charge in [0.2, 0.25) is 0 Å². The number of hydrogen-bond acceptors (Lipinski definition) is 3. The molecule has 0 aliphatic carbocycles. The first kappa shape index (κ1) is 16.2. The van der Waals surface area contributed by atoms with Crippen molar-refractivity contribution in [1.29, 1.82) is 0 Å². The number of ether oxygens (including phenoxy) is 1. The second-order valence-corrected chi connectivity index (χ2v) is 6.46. The highest BCUT2D eigenvalue weighted by Gasteiger charge is 2.19. The zero-order valence-electron chi connectivity index (χ0n) is 13.5. The fraction of sp³-hybridized carbons (Fsp3) is 0.368. The number of methoxy groups -OCH3 is 1. The van der Waals surface area contributed by atoms with Crippen LogP contribution in [0.25, 0.3) is 0 Å². The minimum absolute atomic E-state index is 0.507. The van der Waals surface area contributed by atoms with E-state index in [1.54, 1.807) is 7.11 Å². The Morgan fingerprint density at radius 1 is 1.09 bits per heavy atom. The van der Waals surface area contributed by atoms with Crippen molar-refractivity contribution < 1.29 is 4.74 Å². The highest BCUT2D eigenvalue weighted by atomic mass is 35.5. The zero-order chi connectivity index (χ0) is 16.1. The maximum Gasteiger partial charge on any atom is 0.141 e. The number of anilines is 1. The summed E-state index contributed by atoms with van der Waals surface area (Å²) in [6.45, 7) is 3.21. The second-order valence-electron chi connectivity index (χ2n) is 6.02. The molecule has 0 amide bonds. The van der Waals surface area contributed by atoms with E-state index in [1.807, 2.05) is 30.3 Å². The lowest BCUT2D eigenvalue weighted by Gasteiger charge is -2.33. The van der Waals surface area contributed by atoms with Crippen LogP contribution in [-0.2, 0) is 6.54 Å². The van der Waals surface area contributed by atoms with Gasteiger partial charge in [0, 0.05) is 30.7 Å². The number of para-hydroxylation sites is 2. The van der Waals surface area contributed by atoms with Crippen LogP contribution in [0.15, 0.2) is 48.5 Å². The van der Waals surface area contributed by atoms with E-state index in [2.05, 4.69) is 28.4 Å². The maximum atomic E-state index is 5.94. The highest BCUT2D eigenvalue weighted by molar-refractivity contribution is 6.30. The maximum absolute atomic E-state index is 5.94. The Morgan fingerprint density at radius 3 is 2.48 bits per heavy atom. The van der Waals surface area contributed by atoms with Gasteiger partial charge in [-0.2, -0.15) is 0 Å². The van der Waals surface area contributed by atoms with Gasteiger partial charge in [0.15, 0.2) is 0 Å². The van der Waals surface area contributed by atoms with E-state index in [0.717, 1.165) is 48.9 Å². The second kappa shape index (κ2) is 7.71. The molecule has 1 aliphatic heterocycles. The lowest BCUT2D eigenvalue weighted by Crippen LogP contribution is -2.38. The molecule has 1 saturated heterocycles. The predicted molar refractivity (Wildman–Crippen MR) is 96.4 cm³/mol. The van der Waals surface area contributed by atoms with E-state index >= 15 is 0 Å². The van der Waals surface area contributed by atoms with Gasteiger partial charge < -0.3 is 10.1 Å². The van der Waals surface area contributed by atoms with E-state index in [9.17, 15) is 0 Å². The van der Waals surface area contributed by atoms with Crippen LogP contribution in [0, 0.1) is 0 Å².